The van der Waals surface area contributed by atoms with E-state index in [1.54, 1.807) is 31.5 Å². The summed E-state index contributed by atoms with van der Waals surface area (Å²) in [5.74, 6) is 1.62. The number of nitriles is 1. The number of pyridine rings is 1. The van der Waals surface area contributed by atoms with E-state index in [1.165, 1.54) is 7.11 Å². The molecule has 0 radical (unpaired) electrons. The number of aromatic nitrogens is 1. The Morgan fingerprint density at radius 1 is 1.15 bits per heavy atom. The van der Waals surface area contributed by atoms with Gasteiger partial charge in [0.15, 0.2) is 11.5 Å². The van der Waals surface area contributed by atoms with Crippen LogP contribution < -0.4 is 14.2 Å². The van der Waals surface area contributed by atoms with E-state index in [4.69, 9.17) is 19.5 Å². The lowest BCUT2D eigenvalue weighted by atomic mass is 10.2. The van der Waals surface area contributed by atoms with E-state index in [2.05, 4.69) is 11.1 Å². The van der Waals surface area contributed by atoms with Crippen LogP contribution in [0.3, 0.4) is 0 Å². The molecule has 0 bridgehead atoms. The highest BCUT2D eigenvalue weighted by molar-refractivity contribution is 5.46. The first-order chi connectivity index (χ1) is 9.78. The van der Waals surface area contributed by atoms with Gasteiger partial charge in [-0.25, -0.2) is 4.98 Å². The van der Waals surface area contributed by atoms with Crippen molar-refractivity contribution < 1.29 is 14.2 Å². The summed E-state index contributed by atoms with van der Waals surface area (Å²) < 4.78 is 16.1. The van der Waals surface area contributed by atoms with E-state index in [0.29, 0.717) is 29.5 Å². The Kier molecular flexibility index (Phi) is 4.40. The predicted octanol–water partition coefficient (Wildman–Crippen LogP) is 2.55. The monoisotopic (exact) mass is 270 g/mol. The summed E-state index contributed by atoms with van der Waals surface area (Å²) in [5, 5.41) is 8.85. The minimum Gasteiger partial charge on any atom is -0.493 e. The zero-order chi connectivity index (χ0) is 14.4. The highest BCUT2D eigenvalue weighted by Gasteiger charge is 2.08. The van der Waals surface area contributed by atoms with Gasteiger partial charge in [0.2, 0.25) is 5.88 Å². The first-order valence-corrected chi connectivity index (χ1v) is 5.97. The first kappa shape index (κ1) is 13.7. The maximum absolute atomic E-state index is 8.85. The Morgan fingerprint density at radius 3 is 2.70 bits per heavy atom. The third-order valence-electron chi connectivity index (χ3n) is 2.72. The number of hydrogen-bond acceptors (Lipinski definition) is 5. The Labute approximate surface area is 117 Å². The summed E-state index contributed by atoms with van der Waals surface area (Å²) >= 11 is 0. The predicted molar refractivity (Wildman–Crippen MR) is 72.8 cm³/mol. The van der Waals surface area contributed by atoms with Gasteiger partial charge in [-0.15, -0.1) is 0 Å². The molecule has 0 fully saturated rings. The quantitative estimate of drug-likeness (QED) is 0.835. The van der Waals surface area contributed by atoms with Crippen LogP contribution in [0.1, 0.15) is 11.1 Å². The van der Waals surface area contributed by atoms with Crippen molar-refractivity contribution in [2.24, 2.45) is 0 Å². The topological polar surface area (TPSA) is 64.4 Å². The first-order valence-electron chi connectivity index (χ1n) is 5.97. The highest BCUT2D eigenvalue weighted by atomic mass is 16.5. The van der Waals surface area contributed by atoms with Crippen LogP contribution in [0.25, 0.3) is 0 Å². The summed E-state index contributed by atoms with van der Waals surface area (Å²) in [5.41, 5.74) is 1.36. The van der Waals surface area contributed by atoms with E-state index in [1.807, 2.05) is 12.1 Å². The van der Waals surface area contributed by atoms with Crippen LogP contribution in [-0.2, 0) is 6.61 Å². The minimum atomic E-state index is 0.305. The second kappa shape index (κ2) is 6.43. The summed E-state index contributed by atoms with van der Waals surface area (Å²) in [6, 6.07) is 10.8. The molecule has 5 heteroatoms. The fraction of sp³-hybridized carbons (Fsp3) is 0.200. The van der Waals surface area contributed by atoms with Crippen molar-refractivity contribution in [3.05, 3.63) is 47.7 Å². The van der Waals surface area contributed by atoms with Crippen molar-refractivity contribution in [1.29, 1.82) is 5.26 Å². The van der Waals surface area contributed by atoms with Crippen LogP contribution in [0.4, 0.5) is 0 Å². The molecule has 0 atom stereocenters. The van der Waals surface area contributed by atoms with Crippen LogP contribution in [0.5, 0.6) is 17.4 Å². The third kappa shape index (κ3) is 2.98. The summed E-state index contributed by atoms with van der Waals surface area (Å²) in [7, 11) is 3.10. The van der Waals surface area contributed by atoms with Crippen LogP contribution in [0, 0.1) is 11.3 Å². The van der Waals surface area contributed by atoms with E-state index >= 15 is 0 Å². The molecule has 20 heavy (non-hydrogen) atoms. The van der Waals surface area contributed by atoms with Crippen molar-refractivity contribution >= 4 is 0 Å². The average molecular weight is 270 g/mol. The van der Waals surface area contributed by atoms with Crippen molar-refractivity contribution in [2.75, 3.05) is 14.2 Å². The lowest BCUT2D eigenvalue weighted by Crippen LogP contribution is -2.01. The summed E-state index contributed by atoms with van der Waals surface area (Å²) in [4.78, 5) is 4.10. The Morgan fingerprint density at radius 2 is 2.00 bits per heavy atom. The number of rotatable bonds is 5. The lowest BCUT2D eigenvalue weighted by Gasteiger charge is -2.12. The van der Waals surface area contributed by atoms with Gasteiger partial charge >= 0.3 is 0 Å². The van der Waals surface area contributed by atoms with Gasteiger partial charge < -0.3 is 14.2 Å². The zero-order valence-corrected chi connectivity index (χ0v) is 11.3. The zero-order valence-electron chi connectivity index (χ0n) is 11.3. The van der Waals surface area contributed by atoms with Gasteiger partial charge in [-0.3, -0.25) is 0 Å². The molecule has 0 spiro atoms. The molecule has 0 aliphatic heterocycles. The Bertz CT molecular complexity index is 635. The highest BCUT2D eigenvalue weighted by Crippen LogP contribution is 2.29. The number of nitrogens with zero attached hydrogens (tertiary/aromatic N) is 2. The van der Waals surface area contributed by atoms with Gasteiger partial charge in [-0.1, -0.05) is 0 Å². The van der Waals surface area contributed by atoms with Crippen LogP contribution in [0.15, 0.2) is 36.5 Å². The van der Waals surface area contributed by atoms with E-state index < -0.39 is 0 Å². The summed E-state index contributed by atoms with van der Waals surface area (Å²) in [6.07, 6.45) is 1.66. The third-order valence-corrected chi connectivity index (χ3v) is 2.72. The molecule has 0 saturated carbocycles. The molecule has 0 unspecified atom stereocenters. The van der Waals surface area contributed by atoms with Crippen molar-refractivity contribution in [3.63, 3.8) is 0 Å². The van der Waals surface area contributed by atoms with Gasteiger partial charge in [0.1, 0.15) is 6.61 Å². The molecule has 0 aliphatic rings. The molecule has 1 aromatic heterocycles. The molecule has 0 amide bonds. The molecule has 0 aliphatic carbocycles. The van der Waals surface area contributed by atoms with Gasteiger partial charge in [0, 0.05) is 12.3 Å². The molecule has 102 valence electrons. The second-order valence-corrected chi connectivity index (χ2v) is 3.94. The van der Waals surface area contributed by atoms with Crippen molar-refractivity contribution in [1.82, 2.24) is 4.98 Å². The Hall–Kier alpha value is -2.74. The fourth-order valence-electron chi connectivity index (χ4n) is 1.73. The van der Waals surface area contributed by atoms with Gasteiger partial charge in [-0.2, -0.15) is 5.26 Å². The van der Waals surface area contributed by atoms with Crippen LogP contribution >= 0.6 is 0 Å². The van der Waals surface area contributed by atoms with Gasteiger partial charge in [0.25, 0.3) is 0 Å². The van der Waals surface area contributed by atoms with Crippen LogP contribution in [-0.4, -0.2) is 19.2 Å². The molecular weight excluding hydrogens is 256 g/mol. The van der Waals surface area contributed by atoms with E-state index in [9.17, 15) is 0 Å². The SMILES string of the molecule is COc1cc(C#N)ccc1OCc1cccnc1OC. The lowest BCUT2D eigenvalue weighted by molar-refractivity contribution is 0.276. The molecule has 2 rings (SSSR count). The largest absolute Gasteiger partial charge is 0.493 e. The van der Waals surface area contributed by atoms with Crippen LogP contribution in [0.2, 0.25) is 0 Å². The molecule has 1 aromatic carbocycles. The average Bonchev–Trinajstić information content (AvgIpc) is 2.52. The number of benzene rings is 1. The van der Waals surface area contributed by atoms with Crippen molar-refractivity contribution in [2.45, 2.75) is 6.61 Å². The molecule has 0 N–H and O–H groups in total. The molecule has 1 heterocycles. The standard InChI is InChI=1S/C15H14N2O3/c1-18-14-8-11(9-16)5-6-13(14)20-10-12-4-3-7-17-15(12)19-2/h3-8H,10H2,1-2H3. The molecule has 2 aromatic rings. The smallest absolute Gasteiger partial charge is 0.219 e. The number of ether oxygens (including phenoxy) is 3. The maximum Gasteiger partial charge on any atom is 0.219 e. The maximum atomic E-state index is 8.85. The van der Waals surface area contributed by atoms with Gasteiger partial charge in [-0.05, 0) is 24.3 Å². The summed E-state index contributed by atoms with van der Waals surface area (Å²) in [6.45, 7) is 0.305. The second-order valence-electron chi connectivity index (χ2n) is 3.94. The van der Waals surface area contributed by atoms with E-state index in [-0.39, 0.29) is 0 Å². The van der Waals surface area contributed by atoms with Crippen molar-refractivity contribution in [3.8, 4) is 23.4 Å². The molecule has 5 nitrogen and oxygen atoms in total. The molecule has 0 saturated heterocycles. The van der Waals surface area contributed by atoms with Gasteiger partial charge in [0.05, 0.1) is 31.4 Å². The number of methoxy groups -OCH3 is 2. The minimum absolute atomic E-state index is 0.305. The fourth-order valence-corrected chi connectivity index (χ4v) is 1.73. The Balaban J connectivity index is 2.17. The molecular formula is C15H14N2O3. The normalized spacial score (nSPS) is 9.65. The number of hydrogen-bond donors (Lipinski definition) is 0. The van der Waals surface area contributed by atoms with E-state index in [0.717, 1.165) is 5.56 Å².